The Labute approximate surface area is 225 Å². The van der Waals surface area contributed by atoms with Crippen LogP contribution in [-0.2, 0) is 4.79 Å². The number of rotatable bonds is 9. The second kappa shape index (κ2) is 11.5. The minimum Gasteiger partial charge on any atom is -0.495 e. The lowest BCUT2D eigenvalue weighted by Crippen LogP contribution is -2.32. The SMILES string of the molecule is COc1ccccc1NC(=O)CCN1C(=S)N[C@@H](c2ccccn2)[C@@H]1c1ccc(Sc2ccccc2)o1. The number of anilines is 1. The molecule has 2 aromatic heterocycles. The number of pyridine rings is 1. The van der Waals surface area contributed by atoms with Gasteiger partial charge in [0.1, 0.15) is 17.6 Å². The first-order valence-electron chi connectivity index (χ1n) is 11.9. The van der Waals surface area contributed by atoms with E-state index in [1.54, 1.807) is 25.1 Å². The van der Waals surface area contributed by atoms with Crippen LogP contribution in [0.15, 0.2) is 106 Å². The van der Waals surface area contributed by atoms with Crippen molar-refractivity contribution in [3.63, 3.8) is 0 Å². The largest absolute Gasteiger partial charge is 0.495 e. The minimum absolute atomic E-state index is 0.132. The van der Waals surface area contributed by atoms with E-state index in [9.17, 15) is 4.79 Å². The van der Waals surface area contributed by atoms with Gasteiger partial charge in [-0.2, -0.15) is 0 Å². The lowest BCUT2D eigenvalue weighted by Gasteiger charge is -2.25. The molecule has 0 saturated carbocycles. The molecule has 7 nitrogen and oxygen atoms in total. The fraction of sp³-hybridized carbons (Fsp3) is 0.179. The van der Waals surface area contributed by atoms with Crippen LogP contribution in [0.3, 0.4) is 0 Å². The molecule has 0 unspecified atom stereocenters. The molecule has 5 rings (SSSR count). The molecule has 4 aromatic rings. The van der Waals surface area contributed by atoms with Gasteiger partial charge in [0.2, 0.25) is 5.91 Å². The Bertz CT molecular complexity index is 1360. The first-order valence-corrected chi connectivity index (χ1v) is 13.1. The molecule has 0 radical (unpaired) electrons. The van der Waals surface area contributed by atoms with Crippen molar-refractivity contribution in [2.24, 2.45) is 0 Å². The van der Waals surface area contributed by atoms with E-state index < -0.39 is 0 Å². The van der Waals surface area contributed by atoms with Crippen LogP contribution < -0.4 is 15.4 Å². The highest BCUT2D eigenvalue weighted by Gasteiger charge is 2.41. The van der Waals surface area contributed by atoms with Crippen LogP contribution in [-0.4, -0.2) is 34.6 Å². The fourth-order valence-electron chi connectivity index (χ4n) is 4.29. The van der Waals surface area contributed by atoms with Crippen LogP contribution >= 0.6 is 24.0 Å². The molecule has 0 aliphatic carbocycles. The summed E-state index contributed by atoms with van der Waals surface area (Å²) in [4.78, 5) is 20.5. The Morgan fingerprint density at radius 3 is 2.65 bits per heavy atom. The maximum absolute atomic E-state index is 12.8. The van der Waals surface area contributed by atoms with Crippen molar-refractivity contribution < 1.29 is 13.9 Å². The number of carbonyl (C=O) groups excluding carboxylic acids is 1. The number of amides is 1. The van der Waals surface area contributed by atoms with E-state index in [4.69, 9.17) is 21.4 Å². The summed E-state index contributed by atoms with van der Waals surface area (Å²) in [5, 5.41) is 7.67. The van der Waals surface area contributed by atoms with Crippen LogP contribution in [0.2, 0.25) is 0 Å². The number of nitrogens with zero attached hydrogens (tertiary/aromatic N) is 2. The maximum atomic E-state index is 12.8. The Balaban J connectivity index is 1.36. The number of methoxy groups -OCH3 is 1. The molecule has 2 N–H and O–H groups in total. The Hall–Kier alpha value is -3.82. The number of hydrogen-bond donors (Lipinski definition) is 2. The monoisotopic (exact) mass is 530 g/mol. The Morgan fingerprint density at radius 1 is 1.08 bits per heavy atom. The van der Waals surface area contributed by atoms with Gasteiger partial charge in [0.15, 0.2) is 10.2 Å². The zero-order valence-electron chi connectivity index (χ0n) is 20.2. The lowest BCUT2D eigenvalue weighted by molar-refractivity contribution is -0.116. The van der Waals surface area contributed by atoms with E-state index in [1.165, 1.54) is 0 Å². The van der Waals surface area contributed by atoms with Gasteiger partial charge in [0.05, 0.1) is 24.5 Å². The summed E-state index contributed by atoms with van der Waals surface area (Å²) in [6.07, 6.45) is 2.00. The minimum atomic E-state index is -0.258. The number of furan rings is 1. The van der Waals surface area contributed by atoms with Crippen molar-refractivity contribution >= 4 is 40.7 Å². The second-order valence-corrected chi connectivity index (χ2v) is 9.85. The summed E-state index contributed by atoms with van der Waals surface area (Å²) < 4.78 is 11.7. The molecular formula is C28H26N4O3S2. The zero-order valence-corrected chi connectivity index (χ0v) is 21.8. The number of nitrogens with one attached hydrogen (secondary N) is 2. The van der Waals surface area contributed by atoms with E-state index in [2.05, 4.69) is 15.6 Å². The number of ether oxygens (including phenoxy) is 1. The van der Waals surface area contributed by atoms with Gasteiger partial charge in [-0.1, -0.05) is 48.2 Å². The quantitative estimate of drug-likeness (QED) is 0.262. The summed E-state index contributed by atoms with van der Waals surface area (Å²) in [6, 6.07) is 26.7. The number of carbonyl (C=O) groups is 1. The van der Waals surface area contributed by atoms with Gasteiger partial charge in [-0.15, -0.1) is 0 Å². The average molecular weight is 531 g/mol. The van der Waals surface area contributed by atoms with Gasteiger partial charge >= 0.3 is 0 Å². The summed E-state index contributed by atoms with van der Waals surface area (Å²) in [5.41, 5.74) is 1.48. The summed E-state index contributed by atoms with van der Waals surface area (Å²) in [7, 11) is 1.58. The van der Waals surface area contributed by atoms with Crippen molar-refractivity contribution in [2.75, 3.05) is 19.0 Å². The highest BCUT2D eigenvalue weighted by Crippen LogP contribution is 2.41. The molecule has 2 atom stereocenters. The molecule has 3 heterocycles. The van der Waals surface area contributed by atoms with E-state index in [1.807, 2.05) is 89.8 Å². The molecule has 1 fully saturated rings. The molecule has 9 heteroatoms. The summed E-state index contributed by atoms with van der Waals surface area (Å²) >= 11 is 7.28. The number of aromatic nitrogens is 1. The number of benzene rings is 2. The number of hydrogen-bond acceptors (Lipinski definition) is 6. The molecule has 0 bridgehead atoms. The highest BCUT2D eigenvalue weighted by molar-refractivity contribution is 7.99. The number of para-hydroxylation sites is 2. The molecule has 1 amide bonds. The third-order valence-electron chi connectivity index (χ3n) is 6.01. The summed E-state index contributed by atoms with van der Waals surface area (Å²) in [6.45, 7) is 0.405. The van der Waals surface area contributed by atoms with Crippen LogP contribution in [0.5, 0.6) is 5.75 Å². The van der Waals surface area contributed by atoms with E-state index in [0.717, 1.165) is 21.4 Å². The van der Waals surface area contributed by atoms with Gasteiger partial charge in [-0.3, -0.25) is 9.78 Å². The van der Waals surface area contributed by atoms with Gasteiger partial charge in [-0.05, 0) is 60.7 Å². The lowest BCUT2D eigenvalue weighted by atomic mass is 10.0. The van der Waals surface area contributed by atoms with E-state index in [-0.39, 0.29) is 24.4 Å². The van der Waals surface area contributed by atoms with Gasteiger partial charge in [-0.25, -0.2) is 0 Å². The standard InChI is InChI=1S/C28H26N4O3S2/c1-34-22-13-6-5-11-20(22)30-24(33)16-18-32-27(26(31-28(32)36)21-12-7-8-17-29-21)23-14-15-25(35-23)37-19-9-3-2-4-10-19/h2-15,17,26-27H,16,18H2,1H3,(H,30,33)(H,31,36)/t26-,27-/m0/s1. The Morgan fingerprint density at radius 2 is 1.86 bits per heavy atom. The second-order valence-electron chi connectivity index (χ2n) is 8.39. The van der Waals surface area contributed by atoms with E-state index in [0.29, 0.717) is 23.1 Å². The molecule has 1 saturated heterocycles. The van der Waals surface area contributed by atoms with Gasteiger partial charge in [0, 0.05) is 24.1 Å². The number of thiocarbonyl (C=S) groups is 1. The molecule has 1 aliphatic rings. The summed E-state index contributed by atoms with van der Waals surface area (Å²) in [5.74, 6) is 1.24. The Kier molecular flexibility index (Phi) is 7.72. The van der Waals surface area contributed by atoms with E-state index >= 15 is 0 Å². The fourth-order valence-corrected chi connectivity index (χ4v) is 5.42. The first kappa shape index (κ1) is 24.9. The van der Waals surface area contributed by atoms with Crippen molar-refractivity contribution in [3.8, 4) is 5.75 Å². The van der Waals surface area contributed by atoms with Crippen LogP contribution in [0.4, 0.5) is 5.69 Å². The first-order chi connectivity index (χ1) is 18.1. The van der Waals surface area contributed by atoms with Gasteiger partial charge < -0.3 is 24.7 Å². The molecule has 1 aliphatic heterocycles. The zero-order chi connectivity index (χ0) is 25.6. The molecular weight excluding hydrogens is 504 g/mol. The topological polar surface area (TPSA) is 79.6 Å². The normalized spacial score (nSPS) is 16.9. The highest BCUT2D eigenvalue weighted by atomic mass is 32.2. The molecule has 2 aromatic carbocycles. The predicted octanol–water partition coefficient (Wildman–Crippen LogP) is 5.84. The van der Waals surface area contributed by atoms with Crippen molar-refractivity contribution in [1.29, 1.82) is 0 Å². The maximum Gasteiger partial charge on any atom is 0.226 e. The molecule has 188 valence electrons. The van der Waals surface area contributed by atoms with Crippen LogP contribution in [0, 0.1) is 0 Å². The van der Waals surface area contributed by atoms with Crippen molar-refractivity contribution in [3.05, 3.63) is 103 Å². The smallest absolute Gasteiger partial charge is 0.226 e. The molecule has 0 spiro atoms. The van der Waals surface area contributed by atoms with Crippen molar-refractivity contribution in [2.45, 2.75) is 28.5 Å². The predicted molar refractivity (Wildman–Crippen MR) is 148 cm³/mol. The van der Waals surface area contributed by atoms with Crippen LogP contribution in [0.1, 0.15) is 30.0 Å². The van der Waals surface area contributed by atoms with Gasteiger partial charge in [0.25, 0.3) is 0 Å². The van der Waals surface area contributed by atoms with Crippen LogP contribution in [0.25, 0.3) is 0 Å². The average Bonchev–Trinajstić information content (AvgIpc) is 3.52. The third-order valence-corrected chi connectivity index (χ3v) is 7.29. The third kappa shape index (κ3) is 5.79. The van der Waals surface area contributed by atoms with Crippen molar-refractivity contribution in [1.82, 2.24) is 15.2 Å². The molecule has 37 heavy (non-hydrogen) atoms.